The number of hydrogen-bond acceptors (Lipinski definition) is 4. The Labute approximate surface area is 113 Å². The van der Waals surface area contributed by atoms with E-state index in [9.17, 15) is 5.11 Å². The minimum absolute atomic E-state index is 0.471. The molecule has 1 aromatic rings. The Hall–Kier alpha value is -1.26. The maximum absolute atomic E-state index is 10.3. The predicted octanol–water partition coefficient (Wildman–Crippen LogP) is 1.98. The van der Waals surface area contributed by atoms with E-state index in [1.54, 1.807) is 0 Å². The molecule has 2 aliphatic rings. The zero-order valence-corrected chi connectivity index (χ0v) is 11.3. The van der Waals surface area contributed by atoms with Crippen molar-refractivity contribution in [2.75, 3.05) is 26.8 Å². The van der Waals surface area contributed by atoms with E-state index < -0.39 is 6.10 Å². The summed E-state index contributed by atoms with van der Waals surface area (Å²) in [7, 11) is 2.09. The highest BCUT2D eigenvalue weighted by molar-refractivity contribution is 5.44. The van der Waals surface area contributed by atoms with Crippen LogP contribution in [0.5, 0.6) is 11.5 Å². The summed E-state index contributed by atoms with van der Waals surface area (Å²) in [6.45, 7) is 1.85. The first-order valence-corrected chi connectivity index (χ1v) is 7.02. The maximum Gasteiger partial charge on any atom is 0.161 e. The van der Waals surface area contributed by atoms with Crippen LogP contribution in [0.4, 0.5) is 0 Å². The average Bonchev–Trinajstić information content (AvgIpc) is 2.36. The van der Waals surface area contributed by atoms with E-state index in [4.69, 9.17) is 9.47 Å². The quantitative estimate of drug-likeness (QED) is 0.902. The van der Waals surface area contributed by atoms with E-state index in [2.05, 4.69) is 11.9 Å². The topological polar surface area (TPSA) is 41.9 Å². The van der Waals surface area contributed by atoms with Gasteiger partial charge >= 0.3 is 0 Å². The van der Waals surface area contributed by atoms with Gasteiger partial charge in [-0.25, -0.2) is 0 Å². The summed E-state index contributed by atoms with van der Waals surface area (Å²) in [6, 6.07) is 6.35. The highest BCUT2D eigenvalue weighted by atomic mass is 16.6. The Morgan fingerprint density at radius 2 is 2.00 bits per heavy atom. The highest BCUT2D eigenvalue weighted by Gasteiger charge is 2.24. The molecule has 0 saturated heterocycles. The van der Waals surface area contributed by atoms with Crippen LogP contribution >= 0.6 is 0 Å². The minimum atomic E-state index is -0.471. The number of rotatable bonds is 4. The molecule has 3 rings (SSSR count). The van der Waals surface area contributed by atoms with Gasteiger partial charge in [-0.3, -0.25) is 0 Å². The molecule has 1 heterocycles. The van der Waals surface area contributed by atoms with Gasteiger partial charge in [0.25, 0.3) is 0 Å². The van der Waals surface area contributed by atoms with Gasteiger partial charge in [0, 0.05) is 12.6 Å². The van der Waals surface area contributed by atoms with Crippen molar-refractivity contribution in [3.05, 3.63) is 23.8 Å². The lowest BCUT2D eigenvalue weighted by Crippen LogP contribution is -2.39. The molecule has 0 amide bonds. The van der Waals surface area contributed by atoms with Crippen LogP contribution in [0.1, 0.15) is 30.9 Å². The molecule has 0 radical (unpaired) electrons. The van der Waals surface area contributed by atoms with E-state index in [1.165, 1.54) is 19.3 Å². The summed E-state index contributed by atoms with van der Waals surface area (Å²) in [5.74, 6) is 1.52. The maximum atomic E-state index is 10.3. The minimum Gasteiger partial charge on any atom is -0.486 e. The van der Waals surface area contributed by atoms with E-state index >= 15 is 0 Å². The fraction of sp³-hybridized carbons (Fsp3) is 0.600. The second kappa shape index (κ2) is 5.39. The molecule has 0 aromatic heterocycles. The lowest BCUT2D eigenvalue weighted by Gasteiger charge is -2.36. The van der Waals surface area contributed by atoms with Crippen molar-refractivity contribution in [3.8, 4) is 11.5 Å². The van der Waals surface area contributed by atoms with Crippen LogP contribution in [0.2, 0.25) is 0 Å². The summed E-state index contributed by atoms with van der Waals surface area (Å²) in [5, 5.41) is 10.3. The third-order valence-corrected chi connectivity index (χ3v) is 4.11. The normalized spacial score (nSPS) is 20.2. The number of nitrogens with zero attached hydrogens (tertiary/aromatic N) is 1. The fourth-order valence-electron chi connectivity index (χ4n) is 2.62. The monoisotopic (exact) mass is 263 g/mol. The van der Waals surface area contributed by atoms with Gasteiger partial charge in [-0.05, 0) is 37.6 Å². The number of ether oxygens (including phenoxy) is 2. The van der Waals surface area contributed by atoms with Crippen molar-refractivity contribution in [3.63, 3.8) is 0 Å². The van der Waals surface area contributed by atoms with Crippen LogP contribution in [-0.4, -0.2) is 42.9 Å². The molecule has 19 heavy (non-hydrogen) atoms. The summed E-state index contributed by atoms with van der Waals surface area (Å²) >= 11 is 0. The van der Waals surface area contributed by atoms with Crippen molar-refractivity contribution in [1.82, 2.24) is 4.90 Å². The first-order valence-electron chi connectivity index (χ1n) is 7.02. The van der Waals surface area contributed by atoms with Gasteiger partial charge in [-0.2, -0.15) is 0 Å². The number of fused-ring (bicyclic) bond motifs is 1. The van der Waals surface area contributed by atoms with E-state index in [-0.39, 0.29) is 0 Å². The van der Waals surface area contributed by atoms with Crippen molar-refractivity contribution >= 4 is 0 Å². The number of likely N-dealkylation sites (N-methyl/N-ethyl adjacent to an activating group) is 1. The first kappa shape index (κ1) is 12.8. The smallest absolute Gasteiger partial charge is 0.161 e. The molecule has 1 N–H and O–H groups in total. The SMILES string of the molecule is CN(CC(O)c1ccc2c(c1)OCCO2)C1CCC1. The zero-order valence-electron chi connectivity index (χ0n) is 11.3. The third kappa shape index (κ3) is 2.69. The van der Waals surface area contributed by atoms with Crippen LogP contribution in [-0.2, 0) is 0 Å². The van der Waals surface area contributed by atoms with Gasteiger partial charge < -0.3 is 19.5 Å². The summed E-state index contributed by atoms with van der Waals surface area (Å²) < 4.78 is 11.0. The lowest BCUT2D eigenvalue weighted by atomic mass is 9.91. The van der Waals surface area contributed by atoms with Gasteiger partial charge in [0.1, 0.15) is 13.2 Å². The molecule has 1 atom stereocenters. The molecule has 104 valence electrons. The Bertz CT molecular complexity index is 445. The highest BCUT2D eigenvalue weighted by Crippen LogP contribution is 2.33. The number of aliphatic hydroxyl groups excluding tert-OH is 1. The number of hydrogen-bond donors (Lipinski definition) is 1. The Balaban J connectivity index is 1.67. The van der Waals surface area contributed by atoms with Crippen molar-refractivity contribution < 1.29 is 14.6 Å². The molecule has 1 unspecified atom stereocenters. The summed E-state index contributed by atoms with van der Waals surface area (Å²) in [5.41, 5.74) is 0.899. The van der Waals surface area contributed by atoms with E-state index in [1.807, 2.05) is 18.2 Å². The second-order valence-corrected chi connectivity index (χ2v) is 5.44. The Morgan fingerprint density at radius 3 is 2.68 bits per heavy atom. The van der Waals surface area contributed by atoms with E-state index in [0.29, 0.717) is 25.8 Å². The largest absolute Gasteiger partial charge is 0.486 e. The van der Waals surface area contributed by atoms with Gasteiger partial charge in [-0.1, -0.05) is 12.5 Å². The molecule has 1 aromatic carbocycles. The van der Waals surface area contributed by atoms with Crippen molar-refractivity contribution in [2.24, 2.45) is 0 Å². The first-order chi connectivity index (χ1) is 9.24. The van der Waals surface area contributed by atoms with Gasteiger partial charge in [0.2, 0.25) is 0 Å². The molecule has 1 aliphatic heterocycles. The Morgan fingerprint density at radius 1 is 1.26 bits per heavy atom. The third-order valence-electron chi connectivity index (χ3n) is 4.11. The van der Waals surface area contributed by atoms with Crippen LogP contribution in [0.15, 0.2) is 18.2 Å². The molecule has 1 aliphatic carbocycles. The zero-order chi connectivity index (χ0) is 13.2. The molecule has 1 fully saturated rings. The Kier molecular flexibility index (Phi) is 3.62. The van der Waals surface area contributed by atoms with Gasteiger partial charge in [0.15, 0.2) is 11.5 Å². The number of benzene rings is 1. The molecule has 4 nitrogen and oxygen atoms in total. The lowest BCUT2D eigenvalue weighted by molar-refractivity contribution is 0.0772. The number of aliphatic hydroxyl groups is 1. The van der Waals surface area contributed by atoms with Gasteiger partial charge in [-0.15, -0.1) is 0 Å². The molecule has 1 saturated carbocycles. The predicted molar refractivity (Wildman–Crippen MR) is 72.7 cm³/mol. The second-order valence-electron chi connectivity index (χ2n) is 5.44. The average molecular weight is 263 g/mol. The fourth-order valence-corrected chi connectivity index (χ4v) is 2.62. The molecule has 4 heteroatoms. The van der Waals surface area contributed by atoms with Crippen LogP contribution < -0.4 is 9.47 Å². The molecular weight excluding hydrogens is 242 g/mol. The summed E-state index contributed by atoms with van der Waals surface area (Å²) in [6.07, 6.45) is 3.35. The summed E-state index contributed by atoms with van der Waals surface area (Å²) in [4.78, 5) is 2.25. The molecule has 0 bridgehead atoms. The van der Waals surface area contributed by atoms with E-state index in [0.717, 1.165) is 17.1 Å². The molecule has 0 spiro atoms. The van der Waals surface area contributed by atoms with Crippen molar-refractivity contribution in [2.45, 2.75) is 31.4 Å². The van der Waals surface area contributed by atoms with Crippen LogP contribution in [0, 0.1) is 0 Å². The van der Waals surface area contributed by atoms with Gasteiger partial charge in [0.05, 0.1) is 6.10 Å². The molecular formula is C15H21NO3. The van der Waals surface area contributed by atoms with Crippen molar-refractivity contribution in [1.29, 1.82) is 0 Å². The standard InChI is InChI=1S/C15H21NO3/c1-16(12-3-2-4-12)10-13(17)11-5-6-14-15(9-11)19-8-7-18-14/h5-6,9,12-13,17H,2-4,7-8,10H2,1H3. The van der Waals surface area contributed by atoms with Crippen LogP contribution in [0.25, 0.3) is 0 Å². The van der Waals surface area contributed by atoms with Crippen LogP contribution in [0.3, 0.4) is 0 Å².